The number of likely N-dealkylation sites (N-methyl/N-ethyl adjacent to an activating group) is 1. The van der Waals surface area contributed by atoms with E-state index in [4.69, 9.17) is 19.7 Å². The minimum atomic E-state index is -1.05. The molecule has 0 radical (unpaired) electrons. The van der Waals surface area contributed by atoms with E-state index in [1.165, 1.54) is 9.80 Å². The molecule has 0 aliphatic heterocycles. The second-order valence-electron chi connectivity index (χ2n) is 8.64. The molecule has 31 heavy (non-hydrogen) atoms. The van der Waals surface area contributed by atoms with E-state index in [1.807, 2.05) is 4.90 Å². The van der Waals surface area contributed by atoms with Crippen LogP contribution in [0, 0.1) is 0 Å². The van der Waals surface area contributed by atoms with Gasteiger partial charge < -0.3 is 24.6 Å². The number of hydrogen-bond donors (Lipinski definition) is 2. The van der Waals surface area contributed by atoms with Gasteiger partial charge >= 0.3 is 23.9 Å². The predicted octanol–water partition coefficient (Wildman–Crippen LogP) is -0.0153. The molecule has 0 aliphatic rings. The Morgan fingerprint density at radius 2 is 1.19 bits per heavy atom. The van der Waals surface area contributed by atoms with Gasteiger partial charge in [-0.3, -0.25) is 29.0 Å². The Bertz CT molecular complexity index is 604. The Balaban J connectivity index is 4.68. The number of carboxylic acid groups (broad SMARTS) is 2. The Morgan fingerprint density at radius 3 is 1.55 bits per heavy atom. The highest BCUT2D eigenvalue weighted by molar-refractivity contribution is 5.74. The van der Waals surface area contributed by atoms with Crippen LogP contribution in [0.15, 0.2) is 0 Å². The Hall–Kier alpha value is -2.24. The molecule has 0 unspecified atom stereocenters. The molecular weight excluding hydrogens is 410 g/mol. The molecule has 0 aromatic rings. The molecule has 2 N–H and O–H groups in total. The first-order chi connectivity index (χ1) is 14.2. The Morgan fingerprint density at radius 1 is 0.774 bits per heavy atom. The van der Waals surface area contributed by atoms with Crippen LogP contribution in [0.25, 0.3) is 0 Å². The monoisotopic (exact) mass is 447 g/mol. The van der Waals surface area contributed by atoms with Crippen molar-refractivity contribution < 1.29 is 38.9 Å². The molecule has 0 saturated heterocycles. The van der Waals surface area contributed by atoms with Gasteiger partial charge in [0.1, 0.15) is 5.60 Å². The van der Waals surface area contributed by atoms with Crippen LogP contribution in [-0.4, -0.2) is 120 Å². The van der Waals surface area contributed by atoms with Crippen LogP contribution in [0.3, 0.4) is 0 Å². The van der Waals surface area contributed by atoms with E-state index in [0.717, 1.165) is 0 Å². The van der Waals surface area contributed by atoms with E-state index >= 15 is 0 Å². The van der Waals surface area contributed by atoms with Gasteiger partial charge in [-0.1, -0.05) is 0 Å². The molecular formula is C20H37N3O8. The third-order valence-electron chi connectivity index (χ3n) is 3.81. The highest BCUT2D eigenvalue weighted by Crippen LogP contribution is 2.07. The minimum absolute atomic E-state index is 0.137. The maximum atomic E-state index is 12.0. The molecule has 11 nitrogen and oxygen atoms in total. The largest absolute Gasteiger partial charge is 0.480 e. The summed E-state index contributed by atoms with van der Waals surface area (Å²) in [7, 11) is 1.79. The van der Waals surface area contributed by atoms with Crippen LogP contribution in [0.2, 0.25) is 0 Å². The average molecular weight is 448 g/mol. The van der Waals surface area contributed by atoms with Gasteiger partial charge in [0.15, 0.2) is 0 Å². The maximum Gasteiger partial charge on any atom is 0.320 e. The number of carbonyl (C=O) groups is 4. The van der Waals surface area contributed by atoms with Crippen molar-refractivity contribution in [1.29, 1.82) is 0 Å². The molecule has 0 fully saturated rings. The third-order valence-corrected chi connectivity index (χ3v) is 3.81. The van der Waals surface area contributed by atoms with Gasteiger partial charge in [0.25, 0.3) is 0 Å². The van der Waals surface area contributed by atoms with Gasteiger partial charge in [-0.05, 0) is 41.7 Å². The normalized spacial score (nSPS) is 11.9. The SMILES string of the molecule is CC(C)OC(=O)CN(CCN(C)CCN(CC(=O)O)CC(=O)OC(C)(C)C)CC(=O)O. The summed E-state index contributed by atoms with van der Waals surface area (Å²) >= 11 is 0. The molecule has 0 saturated carbocycles. The number of ether oxygens (including phenoxy) is 2. The van der Waals surface area contributed by atoms with Crippen LogP contribution in [0.5, 0.6) is 0 Å². The van der Waals surface area contributed by atoms with Crippen LogP contribution < -0.4 is 0 Å². The van der Waals surface area contributed by atoms with Crippen molar-refractivity contribution in [3.63, 3.8) is 0 Å². The number of aliphatic carboxylic acids is 2. The molecule has 11 heteroatoms. The van der Waals surface area contributed by atoms with Crippen molar-refractivity contribution in [2.45, 2.75) is 46.3 Å². The van der Waals surface area contributed by atoms with Gasteiger partial charge in [-0.15, -0.1) is 0 Å². The van der Waals surface area contributed by atoms with Gasteiger partial charge in [-0.2, -0.15) is 0 Å². The summed E-state index contributed by atoms with van der Waals surface area (Å²) in [5.41, 5.74) is -0.660. The summed E-state index contributed by atoms with van der Waals surface area (Å²) in [5, 5.41) is 18.1. The summed E-state index contributed by atoms with van der Waals surface area (Å²) in [5.74, 6) is -3.11. The number of esters is 2. The van der Waals surface area contributed by atoms with Crippen LogP contribution in [0.4, 0.5) is 0 Å². The van der Waals surface area contributed by atoms with Crippen molar-refractivity contribution in [3.05, 3.63) is 0 Å². The van der Waals surface area contributed by atoms with Gasteiger partial charge in [-0.25, -0.2) is 0 Å². The highest BCUT2D eigenvalue weighted by atomic mass is 16.6. The van der Waals surface area contributed by atoms with Crippen molar-refractivity contribution in [2.75, 3.05) is 59.4 Å². The first-order valence-corrected chi connectivity index (χ1v) is 10.2. The van der Waals surface area contributed by atoms with Gasteiger partial charge in [0.2, 0.25) is 0 Å². The second-order valence-corrected chi connectivity index (χ2v) is 8.64. The number of rotatable bonds is 15. The predicted molar refractivity (Wildman–Crippen MR) is 113 cm³/mol. The molecule has 0 amide bonds. The van der Waals surface area contributed by atoms with E-state index in [0.29, 0.717) is 26.2 Å². The molecule has 0 spiro atoms. The van der Waals surface area contributed by atoms with Crippen LogP contribution in [-0.2, 0) is 28.7 Å². The van der Waals surface area contributed by atoms with E-state index < -0.39 is 29.5 Å². The number of carboxylic acids is 2. The summed E-state index contributed by atoms with van der Waals surface area (Å²) in [6, 6.07) is 0. The fourth-order valence-corrected chi connectivity index (χ4v) is 2.59. The summed E-state index contributed by atoms with van der Waals surface area (Å²) in [4.78, 5) is 50.8. The van der Waals surface area contributed by atoms with E-state index in [9.17, 15) is 19.2 Å². The topological polar surface area (TPSA) is 137 Å². The number of hydrogen-bond acceptors (Lipinski definition) is 9. The average Bonchev–Trinajstić information content (AvgIpc) is 2.53. The lowest BCUT2D eigenvalue weighted by Gasteiger charge is -2.27. The zero-order valence-corrected chi connectivity index (χ0v) is 19.4. The highest BCUT2D eigenvalue weighted by Gasteiger charge is 2.21. The summed E-state index contributed by atoms with van der Waals surface area (Å²) in [6.45, 7) is 9.23. The number of nitrogens with zero attached hydrogens (tertiary/aromatic N) is 3. The smallest absolute Gasteiger partial charge is 0.320 e. The zero-order valence-electron chi connectivity index (χ0n) is 19.4. The number of carbonyl (C=O) groups excluding carboxylic acids is 2. The molecule has 0 aromatic heterocycles. The zero-order chi connectivity index (χ0) is 24.2. The van der Waals surface area contributed by atoms with Crippen molar-refractivity contribution in [3.8, 4) is 0 Å². The van der Waals surface area contributed by atoms with Crippen molar-refractivity contribution >= 4 is 23.9 Å². The lowest BCUT2D eigenvalue weighted by atomic mass is 10.2. The minimum Gasteiger partial charge on any atom is -0.480 e. The van der Waals surface area contributed by atoms with Gasteiger partial charge in [0, 0.05) is 26.2 Å². The lowest BCUT2D eigenvalue weighted by molar-refractivity contribution is -0.157. The summed E-state index contributed by atoms with van der Waals surface area (Å²) in [6.07, 6.45) is -0.285. The molecule has 0 aliphatic carbocycles. The first kappa shape index (κ1) is 28.8. The van der Waals surface area contributed by atoms with Crippen LogP contribution >= 0.6 is 0 Å². The Labute approximate surface area is 183 Å². The fourth-order valence-electron chi connectivity index (χ4n) is 2.59. The molecule has 0 aromatic carbocycles. The molecule has 0 rings (SSSR count). The Kier molecular flexibility index (Phi) is 12.9. The lowest BCUT2D eigenvalue weighted by Crippen LogP contribution is -2.44. The third kappa shape index (κ3) is 17.2. The van der Waals surface area contributed by atoms with Crippen LogP contribution in [0.1, 0.15) is 34.6 Å². The van der Waals surface area contributed by atoms with Gasteiger partial charge in [0.05, 0.1) is 32.3 Å². The standard InChI is InChI=1S/C20H37N3O8/c1-15(2)30-18(28)13-22(11-16(24)25)9-7-21(6)8-10-23(12-17(26)27)14-19(29)31-20(3,4)5/h15H,7-14H2,1-6H3,(H,24,25)(H,26,27). The second kappa shape index (κ2) is 13.9. The van der Waals surface area contributed by atoms with Crippen molar-refractivity contribution in [1.82, 2.24) is 14.7 Å². The molecule has 0 atom stereocenters. The van der Waals surface area contributed by atoms with E-state index in [-0.39, 0.29) is 32.3 Å². The van der Waals surface area contributed by atoms with E-state index in [1.54, 1.807) is 41.7 Å². The van der Waals surface area contributed by atoms with E-state index in [2.05, 4.69) is 0 Å². The first-order valence-electron chi connectivity index (χ1n) is 10.2. The molecule has 0 heterocycles. The summed E-state index contributed by atoms with van der Waals surface area (Å²) < 4.78 is 10.3. The van der Waals surface area contributed by atoms with Crippen molar-refractivity contribution in [2.24, 2.45) is 0 Å². The fraction of sp³-hybridized carbons (Fsp3) is 0.800. The molecule has 180 valence electrons. The molecule has 0 bridgehead atoms. The maximum absolute atomic E-state index is 12.0. The quantitative estimate of drug-likeness (QED) is 0.328.